The van der Waals surface area contributed by atoms with E-state index < -0.39 is 0 Å². The van der Waals surface area contributed by atoms with Crippen molar-refractivity contribution in [3.63, 3.8) is 0 Å². The summed E-state index contributed by atoms with van der Waals surface area (Å²) in [6.07, 6.45) is 0. The largest absolute Gasteiger partial charge is 0.322 e. The van der Waals surface area contributed by atoms with Crippen LogP contribution in [0.3, 0.4) is 0 Å². The van der Waals surface area contributed by atoms with Crippen LogP contribution in [0.5, 0.6) is 0 Å². The molecule has 0 saturated carbocycles. The van der Waals surface area contributed by atoms with Crippen LogP contribution in [0.2, 0.25) is 0 Å². The van der Waals surface area contributed by atoms with Crippen LogP contribution < -0.4 is 5.73 Å². The maximum Gasteiger partial charge on any atom is 0.168 e. The minimum atomic E-state index is -0.139. The number of rotatable bonds is 3. The molecule has 0 aliphatic rings. The van der Waals surface area contributed by atoms with Crippen molar-refractivity contribution in [2.24, 2.45) is 5.73 Å². The van der Waals surface area contributed by atoms with Gasteiger partial charge in [-0.25, -0.2) is 4.68 Å². The van der Waals surface area contributed by atoms with Gasteiger partial charge in [0, 0.05) is 4.88 Å². The maximum absolute atomic E-state index is 5.77. The van der Waals surface area contributed by atoms with Crippen LogP contribution in [-0.2, 0) is 6.54 Å². The molecule has 1 unspecified atom stereocenters. The summed E-state index contributed by atoms with van der Waals surface area (Å²) in [5.41, 5.74) is 7.04. The van der Waals surface area contributed by atoms with Gasteiger partial charge in [0.25, 0.3) is 0 Å². The van der Waals surface area contributed by atoms with Gasteiger partial charge in [-0.15, -0.1) is 16.4 Å². The first-order chi connectivity index (χ1) is 7.18. The Kier molecular flexibility index (Phi) is 2.79. The van der Waals surface area contributed by atoms with Crippen LogP contribution in [0, 0.1) is 6.92 Å². The van der Waals surface area contributed by atoms with E-state index in [1.165, 1.54) is 10.4 Å². The summed E-state index contributed by atoms with van der Waals surface area (Å²) >= 11 is 1.71. The third kappa shape index (κ3) is 2.05. The number of hydrogen-bond acceptors (Lipinski definition) is 5. The number of aryl methyl sites for hydroxylation is 1. The van der Waals surface area contributed by atoms with Crippen molar-refractivity contribution in [3.8, 4) is 0 Å². The predicted octanol–water partition coefficient (Wildman–Crippen LogP) is 1.11. The lowest BCUT2D eigenvalue weighted by Crippen LogP contribution is -2.15. The molecular weight excluding hydrogens is 210 g/mol. The van der Waals surface area contributed by atoms with E-state index in [9.17, 15) is 0 Å². The van der Waals surface area contributed by atoms with Crippen LogP contribution in [0.15, 0.2) is 11.4 Å². The molecule has 2 aromatic heterocycles. The summed E-state index contributed by atoms with van der Waals surface area (Å²) in [6, 6.07) is 1.95. The number of aromatic nitrogens is 4. The van der Waals surface area contributed by atoms with Gasteiger partial charge < -0.3 is 5.73 Å². The second kappa shape index (κ2) is 4.08. The lowest BCUT2D eigenvalue weighted by Gasteiger charge is -2.06. The van der Waals surface area contributed by atoms with Crippen molar-refractivity contribution in [2.45, 2.75) is 26.4 Å². The van der Waals surface area contributed by atoms with Gasteiger partial charge >= 0.3 is 0 Å². The van der Waals surface area contributed by atoms with Gasteiger partial charge in [-0.3, -0.25) is 0 Å². The molecule has 80 valence electrons. The van der Waals surface area contributed by atoms with Crippen molar-refractivity contribution in [1.82, 2.24) is 20.2 Å². The fourth-order valence-corrected chi connectivity index (χ4v) is 2.24. The Bertz CT molecular complexity index is 445. The molecule has 0 aromatic carbocycles. The molecule has 2 heterocycles. The zero-order chi connectivity index (χ0) is 10.8. The number of thiophene rings is 1. The molecule has 0 spiro atoms. The van der Waals surface area contributed by atoms with Crippen LogP contribution in [0.25, 0.3) is 0 Å². The molecule has 0 fully saturated rings. The topological polar surface area (TPSA) is 69.6 Å². The molecule has 0 radical (unpaired) electrons. The van der Waals surface area contributed by atoms with E-state index in [2.05, 4.69) is 33.9 Å². The Morgan fingerprint density at radius 2 is 2.40 bits per heavy atom. The minimum Gasteiger partial charge on any atom is -0.322 e. The quantitative estimate of drug-likeness (QED) is 0.846. The van der Waals surface area contributed by atoms with E-state index in [-0.39, 0.29) is 6.04 Å². The van der Waals surface area contributed by atoms with Gasteiger partial charge in [-0.2, -0.15) is 0 Å². The highest BCUT2D eigenvalue weighted by Gasteiger charge is 2.11. The molecule has 0 amide bonds. The van der Waals surface area contributed by atoms with Crippen LogP contribution in [0.4, 0.5) is 0 Å². The Morgan fingerprint density at radius 1 is 1.60 bits per heavy atom. The Balaban J connectivity index is 2.25. The van der Waals surface area contributed by atoms with Gasteiger partial charge in [0.2, 0.25) is 0 Å². The van der Waals surface area contributed by atoms with Crippen LogP contribution >= 0.6 is 11.3 Å². The van der Waals surface area contributed by atoms with Crippen molar-refractivity contribution in [3.05, 3.63) is 27.7 Å². The SMILES string of the molecule is Cc1ccsc1Cn1nnnc1C(C)N. The molecule has 15 heavy (non-hydrogen) atoms. The molecule has 0 bridgehead atoms. The minimum absolute atomic E-state index is 0.139. The third-order valence-corrected chi connectivity index (χ3v) is 3.24. The Morgan fingerprint density at radius 3 is 3.00 bits per heavy atom. The molecule has 5 nitrogen and oxygen atoms in total. The lowest BCUT2D eigenvalue weighted by molar-refractivity contribution is 0.591. The fraction of sp³-hybridized carbons (Fsp3) is 0.444. The third-order valence-electron chi connectivity index (χ3n) is 2.23. The highest BCUT2D eigenvalue weighted by atomic mass is 32.1. The number of nitrogens with two attached hydrogens (primary N) is 1. The molecule has 1 atom stereocenters. The highest BCUT2D eigenvalue weighted by molar-refractivity contribution is 7.10. The average Bonchev–Trinajstić information content (AvgIpc) is 2.77. The molecule has 0 saturated heterocycles. The smallest absolute Gasteiger partial charge is 0.168 e. The van der Waals surface area contributed by atoms with E-state index in [1.807, 2.05) is 6.92 Å². The first-order valence-electron chi connectivity index (χ1n) is 4.73. The number of nitrogens with zero attached hydrogens (tertiary/aromatic N) is 4. The number of hydrogen-bond donors (Lipinski definition) is 1. The molecular formula is C9H13N5S. The maximum atomic E-state index is 5.77. The predicted molar refractivity (Wildman–Crippen MR) is 58.6 cm³/mol. The lowest BCUT2D eigenvalue weighted by atomic mass is 10.3. The van der Waals surface area contributed by atoms with Crippen LogP contribution in [-0.4, -0.2) is 20.2 Å². The van der Waals surface area contributed by atoms with Crippen molar-refractivity contribution < 1.29 is 0 Å². The summed E-state index contributed by atoms with van der Waals surface area (Å²) in [4.78, 5) is 1.27. The molecule has 2 N–H and O–H groups in total. The normalized spacial score (nSPS) is 13.0. The fourth-order valence-electron chi connectivity index (χ4n) is 1.35. The molecule has 2 rings (SSSR count). The molecule has 0 aliphatic heterocycles. The molecule has 0 aliphatic carbocycles. The summed E-state index contributed by atoms with van der Waals surface area (Å²) in [6.45, 7) is 4.67. The summed E-state index contributed by atoms with van der Waals surface area (Å²) in [5.74, 6) is 0.725. The molecule has 2 aromatic rings. The first kappa shape index (κ1) is 10.3. The second-order valence-corrected chi connectivity index (χ2v) is 4.51. The standard InChI is InChI=1S/C9H13N5S/c1-6-3-4-15-8(6)5-14-9(7(2)10)11-12-13-14/h3-4,7H,5,10H2,1-2H3. The van der Waals surface area contributed by atoms with E-state index in [0.717, 1.165) is 5.82 Å². The van der Waals surface area contributed by atoms with Gasteiger partial charge in [0.1, 0.15) is 0 Å². The van der Waals surface area contributed by atoms with Crippen molar-refractivity contribution >= 4 is 11.3 Å². The van der Waals surface area contributed by atoms with E-state index in [4.69, 9.17) is 5.73 Å². The average molecular weight is 223 g/mol. The summed E-state index contributed by atoms with van der Waals surface area (Å²) < 4.78 is 1.75. The first-order valence-corrected chi connectivity index (χ1v) is 5.61. The zero-order valence-electron chi connectivity index (χ0n) is 8.71. The van der Waals surface area contributed by atoms with E-state index >= 15 is 0 Å². The Labute approximate surface area is 91.9 Å². The highest BCUT2D eigenvalue weighted by Crippen LogP contribution is 2.17. The van der Waals surface area contributed by atoms with E-state index in [0.29, 0.717) is 6.54 Å². The molecule has 6 heteroatoms. The van der Waals surface area contributed by atoms with Crippen molar-refractivity contribution in [2.75, 3.05) is 0 Å². The van der Waals surface area contributed by atoms with Gasteiger partial charge in [-0.05, 0) is 41.3 Å². The van der Waals surface area contributed by atoms with Gasteiger partial charge in [-0.1, -0.05) is 0 Å². The summed E-state index contributed by atoms with van der Waals surface area (Å²) in [7, 11) is 0. The Hall–Kier alpha value is -1.27. The monoisotopic (exact) mass is 223 g/mol. The second-order valence-electron chi connectivity index (χ2n) is 3.51. The van der Waals surface area contributed by atoms with Gasteiger partial charge in [0.15, 0.2) is 5.82 Å². The van der Waals surface area contributed by atoms with Gasteiger partial charge in [0.05, 0.1) is 12.6 Å². The van der Waals surface area contributed by atoms with E-state index in [1.54, 1.807) is 16.0 Å². The summed E-state index contributed by atoms with van der Waals surface area (Å²) in [5, 5.41) is 13.6. The number of tetrazole rings is 1. The van der Waals surface area contributed by atoms with Crippen LogP contribution in [0.1, 0.15) is 29.2 Å². The van der Waals surface area contributed by atoms with Crippen molar-refractivity contribution in [1.29, 1.82) is 0 Å². The zero-order valence-corrected chi connectivity index (χ0v) is 9.53.